The van der Waals surface area contributed by atoms with Gasteiger partial charge in [0.15, 0.2) is 0 Å². The van der Waals surface area contributed by atoms with Gasteiger partial charge in [0.1, 0.15) is 17.9 Å². The highest BCUT2D eigenvalue weighted by Gasteiger charge is 2.35. The molecule has 2 aliphatic heterocycles. The van der Waals surface area contributed by atoms with E-state index in [0.717, 1.165) is 30.9 Å². The van der Waals surface area contributed by atoms with Crippen molar-refractivity contribution < 1.29 is 9.21 Å². The van der Waals surface area contributed by atoms with Gasteiger partial charge in [0.05, 0.1) is 17.2 Å². The number of aryl methyl sites for hydroxylation is 2. The highest BCUT2D eigenvalue weighted by molar-refractivity contribution is 6.19. The third kappa shape index (κ3) is 2.71. The van der Waals surface area contributed by atoms with E-state index in [1.807, 2.05) is 29.2 Å². The number of anilines is 1. The summed E-state index contributed by atoms with van der Waals surface area (Å²) in [6.07, 6.45) is 3.61. The summed E-state index contributed by atoms with van der Waals surface area (Å²) in [4.78, 5) is 24.2. The molecule has 0 bridgehead atoms. The lowest BCUT2D eigenvalue weighted by Crippen LogP contribution is -2.31. The van der Waals surface area contributed by atoms with E-state index >= 15 is 0 Å². The molecule has 0 spiro atoms. The maximum Gasteiger partial charge on any atom is 0.260 e. The quantitative estimate of drug-likeness (QED) is 0.908. The number of carbonyl (C=O) groups excluding carboxylic acids is 1. The number of nitrogens with zero attached hydrogens (tertiary/aromatic N) is 3. The Kier molecular flexibility index (Phi) is 4.11. The molecule has 1 N–H and O–H groups in total. The highest BCUT2D eigenvalue weighted by Crippen LogP contribution is 2.35. The molecule has 2 aliphatic rings. The van der Waals surface area contributed by atoms with Crippen LogP contribution in [0.15, 0.2) is 38.7 Å². The van der Waals surface area contributed by atoms with Crippen LogP contribution in [-0.4, -0.2) is 35.6 Å². The Hall–Kier alpha value is -2.89. The van der Waals surface area contributed by atoms with Crippen molar-refractivity contribution in [3.63, 3.8) is 0 Å². The molecule has 4 rings (SSSR count). The van der Waals surface area contributed by atoms with Crippen LogP contribution in [-0.2, 0) is 6.42 Å². The van der Waals surface area contributed by atoms with E-state index < -0.39 is 0 Å². The highest BCUT2D eigenvalue weighted by atomic mass is 16.4. The molecule has 134 valence electrons. The Labute approximate surface area is 152 Å². The first-order valence-electron chi connectivity index (χ1n) is 9.03. The van der Waals surface area contributed by atoms with Gasteiger partial charge in [-0.1, -0.05) is 26.0 Å². The third-order valence-electron chi connectivity index (χ3n) is 4.88. The average molecular weight is 350 g/mol. The Balaban J connectivity index is 1.71. The fraction of sp³-hybridized carbons (Fsp3) is 0.350. The van der Waals surface area contributed by atoms with E-state index in [1.54, 1.807) is 13.3 Å². The number of hydrogen-bond donors (Lipinski definition) is 1. The minimum atomic E-state index is -0.194. The summed E-state index contributed by atoms with van der Waals surface area (Å²) in [6.45, 7) is 6.79. The lowest BCUT2D eigenvalue weighted by Gasteiger charge is -2.18. The molecular weight excluding hydrogens is 328 g/mol. The number of rotatable bonds is 4. The van der Waals surface area contributed by atoms with Crippen LogP contribution in [0.3, 0.4) is 0 Å². The maximum atomic E-state index is 13.0. The van der Waals surface area contributed by atoms with E-state index in [2.05, 4.69) is 24.2 Å². The van der Waals surface area contributed by atoms with Crippen LogP contribution in [0.25, 0.3) is 0 Å². The molecule has 0 saturated heterocycles. The topological polar surface area (TPSA) is 70.2 Å². The van der Waals surface area contributed by atoms with Gasteiger partial charge in [0, 0.05) is 12.2 Å². The Bertz CT molecular complexity index is 926. The summed E-state index contributed by atoms with van der Waals surface area (Å²) in [5, 5.41) is 2.99. The second kappa shape index (κ2) is 6.44. The van der Waals surface area contributed by atoms with Gasteiger partial charge in [-0.15, -0.1) is 0 Å². The first-order valence-corrected chi connectivity index (χ1v) is 9.03. The molecule has 0 aliphatic carbocycles. The molecular formula is C20H22N4O2. The maximum absolute atomic E-state index is 13.0. The molecule has 0 saturated carbocycles. The van der Waals surface area contributed by atoms with Gasteiger partial charge in [0.25, 0.3) is 5.91 Å². The van der Waals surface area contributed by atoms with Gasteiger partial charge in [-0.25, -0.2) is 4.99 Å². The largest absolute Gasteiger partial charge is 0.442 e. The van der Waals surface area contributed by atoms with Gasteiger partial charge < -0.3 is 14.6 Å². The lowest BCUT2D eigenvalue weighted by molar-refractivity contribution is 0.102. The minimum Gasteiger partial charge on any atom is -0.442 e. The standard InChI is InChI=1S/C20H22N4O2/c1-4-13-7-6-8-15(9-13)23-19(25)16-12(3)26-20-17(16)18-22-14(5-2)10-24(18)11-21-20/h6-9,11,14H,4-5,10H2,1-3H3,(H,23,25)/t14-/m0/s1. The van der Waals surface area contributed by atoms with Crippen LogP contribution in [0.5, 0.6) is 0 Å². The molecule has 6 heteroatoms. The number of nitrogens with one attached hydrogen (secondary N) is 1. The molecule has 3 heterocycles. The summed E-state index contributed by atoms with van der Waals surface area (Å²) >= 11 is 0. The van der Waals surface area contributed by atoms with Crippen molar-refractivity contribution in [2.24, 2.45) is 9.98 Å². The van der Waals surface area contributed by atoms with Crippen LogP contribution in [0, 0.1) is 6.92 Å². The van der Waals surface area contributed by atoms with Gasteiger partial charge in [-0.2, -0.15) is 0 Å². The lowest BCUT2D eigenvalue weighted by atomic mass is 10.1. The molecule has 6 nitrogen and oxygen atoms in total. The normalized spacial score (nSPS) is 17.7. The predicted molar refractivity (Wildman–Crippen MR) is 103 cm³/mol. The number of benzene rings is 1. The predicted octanol–water partition coefficient (Wildman–Crippen LogP) is 3.92. The average Bonchev–Trinajstić information content (AvgIpc) is 3.21. The Morgan fingerprint density at radius 3 is 3.00 bits per heavy atom. The van der Waals surface area contributed by atoms with E-state index in [0.29, 0.717) is 22.8 Å². The number of furan rings is 1. The third-order valence-corrected chi connectivity index (χ3v) is 4.88. The van der Waals surface area contributed by atoms with Gasteiger partial charge in [-0.05, 0) is 37.5 Å². The number of carbonyl (C=O) groups is 1. The van der Waals surface area contributed by atoms with Crippen LogP contribution in [0.2, 0.25) is 0 Å². The number of aliphatic imine (C=N–C) groups is 2. The molecule has 0 unspecified atom stereocenters. The summed E-state index contributed by atoms with van der Waals surface area (Å²) in [6, 6.07) is 8.10. The first-order chi connectivity index (χ1) is 12.6. The summed E-state index contributed by atoms with van der Waals surface area (Å²) in [7, 11) is 0. The second-order valence-electron chi connectivity index (χ2n) is 6.63. The van der Waals surface area contributed by atoms with E-state index in [1.165, 1.54) is 5.56 Å². The Morgan fingerprint density at radius 2 is 2.23 bits per heavy atom. The van der Waals surface area contributed by atoms with Crippen molar-refractivity contribution >= 4 is 29.7 Å². The summed E-state index contributed by atoms with van der Waals surface area (Å²) in [5.41, 5.74) is 3.17. The van der Waals surface area contributed by atoms with Crippen LogP contribution in [0.1, 0.15) is 47.5 Å². The summed E-state index contributed by atoms with van der Waals surface area (Å²) in [5.74, 6) is 1.61. The SMILES string of the molecule is CCc1cccc(NC(=O)c2c(C)oc3c2C2=N[C@@H](CC)CN2C=N3)c1. The molecule has 1 amide bonds. The number of amidine groups is 1. The van der Waals surface area contributed by atoms with Crippen LogP contribution in [0.4, 0.5) is 11.6 Å². The zero-order chi connectivity index (χ0) is 18.3. The van der Waals surface area contributed by atoms with Gasteiger partial charge >= 0.3 is 0 Å². The molecule has 2 aromatic rings. The molecule has 0 radical (unpaired) electrons. The number of hydrogen-bond acceptors (Lipinski definition) is 5. The van der Waals surface area contributed by atoms with Gasteiger partial charge in [-0.3, -0.25) is 9.79 Å². The number of fused-ring (bicyclic) bond motifs is 3. The zero-order valence-corrected chi connectivity index (χ0v) is 15.2. The van der Waals surface area contributed by atoms with Crippen LogP contribution < -0.4 is 5.32 Å². The fourth-order valence-electron chi connectivity index (χ4n) is 3.42. The minimum absolute atomic E-state index is 0.194. The molecule has 0 fully saturated rings. The van der Waals surface area contributed by atoms with E-state index in [-0.39, 0.29) is 11.9 Å². The van der Waals surface area contributed by atoms with Crippen LogP contribution >= 0.6 is 0 Å². The molecule has 1 aromatic heterocycles. The van der Waals surface area contributed by atoms with Crippen molar-refractivity contribution in [2.45, 2.75) is 39.7 Å². The zero-order valence-electron chi connectivity index (χ0n) is 15.2. The second-order valence-corrected chi connectivity index (χ2v) is 6.63. The first kappa shape index (κ1) is 16.6. The molecule has 1 atom stereocenters. The van der Waals surface area contributed by atoms with Gasteiger partial charge in [0.2, 0.25) is 5.88 Å². The van der Waals surface area contributed by atoms with E-state index in [4.69, 9.17) is 9.41 Å². The van der Waals surface area contributed by atoms with Crippen molar-refractivity contribution in [2.75, 3.05) is 11.9 Å². The fourth-order valence-corrected chi connectivity index (χ4v) is 3.42. The summed E-state index contributed by atoms with van der Waals surface area (Å²) < 4.78 is 5.75. The Morgan fingerprint density at radius 1 is 1.38 bits per heavy atom. The van der Waals surface area contributed by atoms with E-state index in [9.17, 15) is 4.79 Å². The monoisotopic (exact) mass is 350 g/mol. The van der Waals surface area contributed by atoms with Crippen molar-refractivity contribution in [3.05, 3.63) is 46.7 Å². The van der Waals surface area contributed by atoms with Crippen molar-refractivity contribution in [1.82, 2.24) is 4.90 Å². The number of amides is 1. The molecule has 26 heavy (non-hydrogen) atoms. The smallest absolute Gasteiger partial charge is 0.260 e. The van der Waals surface area contributed by atoms with Crippen molar-refractivity contribution in [1.29, 1.82) is 0 Å². The molecule has 1 aromatic carbocycles. The van der Waals surface area contributed by atoms with Crippen molar-refractivity contribution in [3.8, 4) is 0 Å².